The Hall–Kier alpha value is -2.82. The van der Waals surface area contributed by atoms with Gasteiger partial charge in [-0.05, 0) is 61.6 Å². The number of methoxy groups -OCH3 is 1. The first-order valence-corrected chi connectivity index (χ1v) is 12.6. The summed E-state index contributed by atoms with van der Waals surface area (Å²) in [6, 6.07) is 11.2. The number of thioether (sulfide) groups is 1. The van der Waals surface area contributed by atoms with Crippen molar-refractivity contribution in [3.05, 3.63) is 58.5 Å². The fourth-order valence-corrected chi connectivity index (χ4v) is 5.30. The van der Waals surface area contributed by atoms with Crippen LogP contribution in [0, 0.1) is 6.92 Å². The Labute approximate surface area is 198 Å². The molecule has 0 saturated carbocycles. The smallest absolute Gasteiger partial charge is 0.339 e. The molecule has 1 fully saturated rings. The van der Waals surface area contributed by atoms with Gasteiger partial charge in [0.25, 0.3) is 5.91 Å². The van der Waals surface area contributed by atoms with E-state index in [0.717, 1.165) is 36.9 Å². The van der Waals surface area contributed by atoms with E-state index in [2.05, 4.69) is 21.8 Å². The Morgan fingerprint density at radius 1 is 1.03 bits per heavy atom. The molecule has 0 aliphatic carbocycles. The molecule has 0 aromatic heterocycles. The van der Waals surface area contributed by atoms with Crippen LogP contribution in [0.5, 0.6) is 11.5 Å². The molecule has 2 aliphatic heterocycles. The zero-order valence-corrected chi connectivity index (χ0v) is 20.3. The Balaban J connectivity index is 1.51. The Morgan fingerprint density at radius 3 is 2.39 bits per heavy atom. The van der Waals surface area contributed by atoms with Crippen molar-refractivity contribution in [1.82, 2.24) is 9.80 Å². The van der Waals surface area contributed by atoms with E-state index in [0.29, 0.717) is 10.5 Å². The highest BCUT2D eigenvalue weighted by Crippen LogP contribution is 2.34. The number of carbonyl (C=O) groups is 1. The highest BCUT2D eigenvalue weighted by molar-refractivity contribution is 8.18. The molecule has 0 atom stereocenters. The topological polar surface area (TPSA) is 88.5 Å². The minimum atomic E-state index is -4.01. The van der Waals surface area contributed by atoms with E-state index >= 15 is 0 Å². The van der Waals surface area contributed by atoms with E-state index in [9.17, 15) is 13.2 Å². The monoisotopic (exact) mass is 487 g/mol. The van der Waals surface area contributed by atoms with Gasteiger partial charge in [-0.2, -0.15) is 13.4 Å². The van der Waals surface area contributed by atoms with Crippen LogP contribution in [-0.4, -0.2) is 69.6 Å². The average molecular weight is 488 g/mol. The second-order valence-electron chi connectivity index (χ2n) is 7.86. The number of aliphatic imine (C=N–C) groups is 1. The van der Waals surface area contributed by atoms with Crippen LogP contribution in [-0.2, 0) is 14.9 Å². The fraction of sp³-hybridized carbons (Fsp3) is 0.304. The van der Waals surface area contributed by atoms with Crippen molar-refractivity contribution < 1.29 is 22.1 Å². The highest BCUT2D eigenvalue weighted by atomic mass is 32.2. The number of amides is 1. The summed E-state index contributed by atoms with van der Waals surface area (Å²) in [6.45, 7) is 5.39. The summed E-state index contributed by atoms with van der Waals surface area (Å²) in [5, 5.41) is 0.718. The molecule has 1 saturated heterocycles. The third-order valence-electron chi connectivity index (χ3n) is 5.38. The lowest BCUT2D eigenvalue weighted by molar-refractivity contribution is -0.113. The van der Waals surface area contributed by atoms with Crippen LogP contribution in [0.3, 0.4) is 0 Å². The third kappa shape index (κ3) is 5.40. The molecule has 10 heteroatoms. The number of ether oxygens (including phenoxy) is 1. The van der Waals surface area contributed by atoms with E-state index < -0.39 is 10.1 Å². The van der Waals surface area contributed by atoms with Crippen LogP contribution < -0.4 is 8.92 Å². The van der Waals surface area contributed by atoms with Gasteiger partial charge >= 0.3 is 10.1 Å². The summed E-state index contributed by atoms with van der Waals surface area (Å²) in [7, 11) is -0.505. The minimum absolute atomic E-state index is 0.0582. The summed E-state index contributed by atoms with van der Waals surface area (Å²) in [6.07, 6.45) is 1.72. The molecule has 2 heterocycles. The molecule has 0 spiro atoms. The summed E-state index contributed by atoms with van der Waals surface area (Å²) >= 11 is 1.35. The fourth-order valence-electron chi connectivity index (χ4n) is 3.40. The van der Waals surface area contributed by atoms with Crippen molar-refractivity contribution in [3.8, 4) is 11.5 Å². The van der Waals surface area contributed by atoms with Crippen molar-refractivity contribution >= 4 is 39.0 Å². The molecule has 2 aromatic rings. The van der Waals surface area contributed by atoms with Crippen molar-refractivity contribution in [1.29, 1.82) is 0 Å². The lowest BCUT2D eigenvalue weighted by Gasteiger charge is -2.32. The molecular formula is C23H25N3O5S2. The maximum atomic E-state index is 12.6. The quantitative estimate of drug-likeness (QED) is 0.470. The molecule has 33 heavy (non-hydrogen) atoms. The Morgan fingerprint density at radius 2 is 1.73 bits per heavy atom. The highest BCUT2D eigenvalue weighted by Gasteiger charge is 2.28. The molecule has 0 N–H and O–H groups in total. The van der Waals surface area contributed by atoms with Gasteiger partial charge in [-0.1, -0.05) is 23.8 Å². The molecule has 174 valence electrons. The van der Waals surface area contributed by atoms with Crippen molar-refractivity contribution in [2.75, 3.05) is 40.3 Å². The molecule has 2 aliphatic rings. The lowest BCUT2D eigenvalue weighted by atomic mass is 10.2. The van der Waals surface area contributed by atoms with Crippen LogP contribution in [0.2, 0.25) is 0 Å². The second kappa shape index (κ2) is 9.58. The van der Waals surface area contributed by atoms with E-state index in [-0.39, 0.29) is 22.3 Å². The van der Waals surface area contributed by atoms with Gasteiger partial charge in [0.05, 0.1) is 12.0 Å². The summed E-state index contributed by atoms with van der Waals surface area (Å²) in [5.41, 5.74) is 1.63. The molecule has 0 radical (unpaired) electrons. The molecule has 4 rings (SSSR count). The average Bonchev–Trinajstić information content (AvgIpc) is 3.15. The first-order chi connectivity index (χ1) is 15.7. The van der Waals surface area contributed by atoms with Crippen LogP contribution in [0.1, 0.15) is 11.1 Å². The van der Waals surface area contributed by atoms with Crippen molar-refractivity contribution in [3.63, 3.8) is 0 Å². The summed E-state index contributed by atoms with van der Waals surface area (Å²) < 4.78 is 35.9. The zero-order valence-electron chi connectivity index (χ0n) is 18.6. The van der Waals surface area contributed by atoms with E-state index in [1.165, 1.54) is 37.1 Å². The standard InChI is InChI=1S/C23H25N3O5S2/c1-16-4-7-18(8-5-16)33(28,29)31-19-9-6-17(14-20(19)30-3)15-21-22(27)24-23(32-21)26-12-10-25(2)11-13-26/h4-9,14-15H,10-13H2,1-3H3/b21-15-. The SMILES string of the molecule is COc1cc(/C=C2\SC(N3CCN(C)CC3)=NC2=O)ccc1OS(=O)(=O)c1ccc(C)cc1. The maximum Gasteiger partial charge on any atom is 0.339 e. The third-order valence-corrected chi connectivity index (χ3v) is 7.67. The number of benzene rings is 2. The first kappa shape index (κ1) is 23.3. The number of likely N-dealkylation sites (N-methyl/N-ethyl adjacent to an activating group) is 1. The number of aryl methyl sites for hydroxylation is 1. The van der Waals surface area contributed by atoms with Gasteiger partial charge in [0.2, 0.25) is 0 Å². The van der Waals surface area contributed by atoms with E-state index in [1.807, 2.05) is 6.92 Å². The van der Waals surface area contributed by atoms with Crippen LogP contribution >= 0.6 is 11.8 Å². The summed E-state index contributed by atoms with van der Waals surface area (Å²) in [5.74, 6) is 0.0332. The summed E-state index contributed by atoms with van der Waals surface area (Å²) in [4.78, 5) is 21.6. The predicted molar refractivity (Wildman–Crippen MR) is 129 cm³/mol. The molecular weight excluding hydrogens is 462 g/mol. The van der Waals surface area contributed by atoms with Crippen molar-refractivity contribution in [2.45, 2.75) is 11.8 Å². The predicted octanol–water partition coefficient (Wildman–Crippen LogP) is 2.99. The Kier molecular flexibility index (Phi) is 6.78. The van der Waals surface area contributed by atoms with Gasteiger partial charge in [-0.15, -0.1) is 0 Å². The van der Waals surface area contributed by atoms with Gasteiger partial charge in [0.15, 0.2) is 16.7 Å². The second-order valence-corrected chi connectivity index (χ2v) is 10.4. The van der Waals surface area contributed by atoms with Gasteiger partial charge in [0, 0.05) is 26.2 Å². The maximum absolute atomic E-state index is 12.6. The van der Waals surface area contributed by atoms with Gasteiger partial charge in [0.1, 0.15) is 4.90 Å². The van der Waals surface area contributed by atoms with E-state index in [1.54, 1.807) is 30.3 Å². The molecule has 8 nitrogen and oxygen atoms in total. The molecule has 2 aromatic carbocycles. The van der Waals surface area contributed by atoms with Crippen LogP contribution in [0.4, 0.5) is 0 Å². The largest absolute Gasteiger partial charge is 0.493 e. The minimum Gasteiger partial charge on any atom is -0.493 e. The van der Waals surface area contributed by atoms with Crippen LogP contribution in [0.25, 0.3) is 6.08 Å². The van der Waals surface area contributed by atoms with Gasteiger partial charge in [-0.25, -0.2) is 0 Å². The van der Waals surface area contributed by atoms with Crippen LogP contribution in [0.15, 0.2) is 57.3 Å². The number of carbonyl (C=O) groups excluding carboxylic acids is 1. The number of rotatable bonds is 5. The molecule has 0 unspecified atom stereocenters. The van der Waals surface area contributed by atoms with Crippen molar-refractivity contribution in [2.24, 2.45) is 4.99 Å². The number of piperazine rings is 1. The van der Waals surface area contributed by atoms with Gasteiger partial charge in [-0.3, -0.25) is 4.79 Å². The number of hydrogen-bond donors (Lipinski definition) is 0. The zero-order chi connectivity index (χ0) is 23.6. The van der Waals surface area contributed by atoms with E-state index in [4.69, 9.17) is 8.92 Å². The Bertz CT molecular complexity index is 1220. The number of nitrogens with zero attached hydrogens (tertiary/aromatic N) is 3. The first-order valence-electron chi connectivity index (χ1n) is 10.4. The molecule has 1 amide bonds. The number of hydrogen-bond acceptors (Lipinski definition) is 8. The normalized spacial score (nSPS) is 18.5. The van der Waals surface area contributed by atoms with Gasteiger partial charge < -0.3 is 18.7 Å². The number of amidine groups is 1. The lowest BCUT2D eigenvalue weighted by Crippen LogP contribution is -2.46. The molecule has 0 bridgehead atoms.